The fourth-order valence-electron chi connectivity index (χ4n) is 1.75. The first-order valence-corrected chi connectivity index (χ1v) is 5.43. The number of hydrogen-bond acceptors (Lipinski definition) is 3. The van der Waals surface area contributed by atoms with Crippen molar-refractivity contribution in [2.45, 2.75) is 19.8 Å². The fraction of sp³-hybridized carbons (Fsp3) is 0.800. The van der Waals surface area contributed by atoms with Crippen LogP contribution >= 0.6 is 0 Å². The molecule has 5 heteroatoms. The number of nitrogens with one attached hydrogen (secondary N) is 1. The quantitative estimate of drug-likeness (QED) is 0.594. The first-order valence-electron chi connectivity index (χ1n) is 5.43. The van der Waals surface area contributed by atoms with E-state index in [0.717, 1.165) is 6.54 Å². The minimum Gasteiger partial charge on any atom is -0.369 e. The number of nitrogens with two attached hydrogens (primary N) is 1. The van der Waals surface area contributed by atoms with Gasteiger partial charge < -0.3 is 16.0 Å². The second-order valence-electron chi connectivity index (χ2n) is 3.83. The van der Waals surface area contributed by atoms with Gasteiger partial charge in [0.1, 0.15) is 0 Å². The van der Waals surface area contributed by atoms with Crippen LogP contribution in [0.1, 0.15) is 19.8 Å². The Morgan fingerprint density at radius 3 is 2.80 bits per heavy atom. The van der Waals surface area contributed by atoms with Crippen LogP contribution in [0.15, 0.2) is 0 Å². The molecule has 1 fully saturated rings. The number of amides is 2. The molecule has 1 saturated heterocycles. The van der Waals surface area contributed by atoms with Crippen molar-refractivity contribution >= 4 is 11.8 Å². The summed E-state index contributed by atoms with van der Waals surface area (Å²) in [5, 5.41) is 3.10. The summed E-state index contributed by atoms with van der Waals surface area (Å²) in [4.78, 5) is 24.3. The summed E-state index contributed by atoms with van der Waals surface area (Å²) >= 11 is 0. The fourth-order valence-corrected chi connectivity index (χ4v) is 1.75. The largest absolute Gasteiger partial charge is 0.369 e. The van der Waals surface area contributed by atoms with Crippen LogP contribution in [0.4, 0.5) is 0 Å². The average Bonchev–Trinajstić information content (AvgIpc) is 2.66. The molecule has 5 nitrogen and oxygen atoms in total. The first-order chi connectivity index (χ1) is 7.15. The van der Waals surface area contributed by atoms with Crippen molar-refractivity contribution in [2.75, 3.05) is 26.2 Å². The molecule has 15 heavy (non-hydrogen) atoms. The number of primary amides is 1. The lowest BCUT2D eigenvalue weighted by atomic mass is 10.1. The second-order valence-corrected chi connectivity index (χ2v) is 3.83. The summed E-state index contributed by atoms with van der Waals surface area (Å²) in [6.07, 6.45) is 1.21. The van der Waals surface area contributed by atoms with Gasteiger partial charge in [-0.1, -0.05) is 6.92 Å². The SMILES string of the molecule is CCNCCC(=O)N1CCC(C(N)=O)C1. The van der Waals surface area contributed by atoms with E-state index in [2.05, 4.69) is 5.32 Å². The van der Waals surface area contributed by atoms with Crippen molar-refractivity contribution in [2.24, 2.45) is 11.7 Å². The summed E-state index contributed by atoms with van der Waals surface area (Å²) in [5.41, 5.74) is 5.19. The number of carbonyl (C=O) groups excluding carboxylic acids is 2. The molecule has 2 amide bonds. The molecule has 0 spiro atoms. The van der Waals surface area contributed by atoms with Crippen LogP contribution in [0.25, 0.3) is 0 Å². The number of rotatable bonds is 5. The highest BCUT2D eigenvalue weighted by atomic mass is 16.2. The Balaban J connectivity index is 2.27. The molecule has 0 aliphatic carbocycles. The van der Waals surface area contributed by atoms with E-state index in [-0.39, 0.29) is 17.7 Å². The van der Waals surface area contributed by atoms with E-state index in [0.29, 0.717) is 32.5 Å². The molecule has 1 unspecified atom stereocenters. The van der Waals surface area contributed by atoms with E-state index in [9.17, 15) is 9.59 Å². The predicted molar refractivity (Wildman–Crippen MR) is 57.0 cm³/mol. The summed E-state index contributed by atoms with van der Waals surface area (Å²) in [5.74, 6) is -0.329. The Labute approximate surface area is 90.0 Å². The molecule has 0 aromatic carbocycles. The molecular weight excluding hydrogens is 194 g/mol. The second kappa shape index (κ2) is 5.70. The van der Waals surface area contributed by atoms with Gasteiger partial charge in [-0.2, -0.15) is 0 Å². The van der Waals surface area contributed by atoms with Gasteiger partial charge >= 0.3 is 0 Å². The van der Waals surface area contributed by atoms with Gasteiger partial charge in [0.2, 0.25) is 11.8 Å². The third-order valence-corrected chi connectivity index (χ3v) is 2.71. The highest BCUT2D eigenvalue weighted by Gasteiger charge is 2.28. The zero-order valence-corrected chi connectivity index (χ0v) is 9.16. The molecule has 1 rings (SSSR count). The summed E-state index contributed by atoms with van der Waals surface area (Å²) in [6, 6.07) is 0. The maximum atomic E-state index is 11.6. The van der Waals surface area contributed by atoms with Crippen LogP contribution in [-0.4, -0.2) is 42.9 Å². The maximum absolute atomic E-state index is 11.6. The van der Waals surface area contributed by atoms with Gasteiger partial charge in [-0.15, -0.1) is 0 Å². The van der Waals surface area contributed by atoms with Gasteiger partial charge in [0.05, 0.1) is 5.92 Å². The lowest BCUT2D eigenvalue weighted by Gasteiger charge is -2.15. The van der Waals surface area contributed by atoms with Crippen molar-refractivity contribution in [3.63, 3.8) is 0 Å². The Hall–Kier alpha value is -1.10. The van der Waals surface area contributed by atoms with Crippen molar-refractivity contribution in [1.29, 1.82) is 0 Å². The minimum atomic E-state index is -0.294. The van der Waals surface area contributed by atoms with Crippen molar-refractivity contribution in [3.8, 4) is 0 Å². The summed E-state index contributed by atoms with van der Waals surface area (Å²) < 4.78 is 0. The molecule has 1 atom stereocenters. The van der Waals surface area contributed by atoms with Crippen molar-refractivity contribution in [3.05, 3.63) is 0 Å². The maximum Gasteiger partial charge on any atom is 0.223 e. The molecule has 0 aromatic heterocycles. The highest BCUT2D eigenvalue weighted by Crippen LogP contribution is 2.16. The molecule has 0 bridgehead atoms. The Bertz CT molecular complexity index is 243. The van der Waals surface area contributed by atoms with Gasteiger partial charge in [0, 0.05) is 26.1 Å². The van der Waals surface area contributed by atoms with Crippen LogP contribution in [0.2, 0.25) is 0 Å². The normalized spacial score (nSPS) is 20.6. The standard InChI is InChI=1S/C10H19N3O2/c1-2-12-5-3-9(14)13-6-4-8(7-13)10(11)15/h8,12H,2-7H2,1H3,(H2,11,15). The zero-order chi connectivity index (χ0) is 11.3. The average molecular weight is 213 g/mol. The van der Waals surface area contributed by atoms with Gasteiger partial charge in [0.25, 0.3) is 0 Å². The molecule has 1 aliphatic heterocycles. The predicted octanol–water partition coefficient (Wildman–Crippen LogP) is -0.680. The molecule has 1 heterocycles. The first kappa shape index (κ1) is 12.0. The molecule has 0 saturated carbocycles. The molecule has 86 valence electrons. The lowest BCUT2D eigenvalue weighted by molar-refractivity contribution is -0.130. The van der Waals surface area contributed by atoms with E-state index in [1.165, 1.54) is 0 Å². The van der Waals surface area contributed by atoms with Gasteiger partial charge in [-0.05, 0) is 13.0 Å². The molecule has 1 aliphatic rings. The van der Waals surface area contributed by atoms with E-state index in [1.807, 2.05) is 6.92 Å². The van der Waals surface area contributed by atoms with E-state index in [4.69, 9.17) is 5.73 Å². The Kier molecular flexibility index (Phi) is 4.55. The van der Waals surface area contributed by atoms with E-state index < -0.39 is 0 Å². The third kappa shape index (κ3) is 3.51. The van der Waals surface area contributed by atoms with E-state index >= 15 is 0 Å². The molecular formula is C10H19N3O2. The Morgan fingerprint density at radius 1 is 1.53 bits per heavy atom. The highest BCUT2D eigenvalue weighted by molar-refractivity contribution is 5.81. The Morgan fingerprint density at radius 2 is 2.27 bits per heavy atom. The number of likely N-dealkylation sites (tertiary alicyclic amines) is 1. The van der Waals surface area contributed by atoms with Gasteiger partial charge in [-0.3, -0.25) is 9.59 Å². The van der Waals surface area contributed by atoms with Crippen molar-refractivity contribution in [1.82, 2.24) is 10.2 Å². The third-order valence-electron chi connectivity index (χ3n) is 2.71. The van der Waals surface area contributed by atoms with E-state index in [1.54, 1.807) is 4.90 Å². The van der Waals surface area contributed by atoms with Crippen LogP contribution in [-0.2, 0) is 9.59 Å². The lowest BCUT2D eigenvalue weighted by Crippen LogP contribution is -2.33. The van der Waals surface area contributed by atoms with Crippen LogP contribution in [0, 0.1) is 5.92 Å². The van der Waals surface area contributed by atoms with Crippen LogP contribution < -0.4 is 11.1 Å². The number of nitrogens with zero attached hydrogens (tertiary/aromatic N) is 1. The van der Waals surface area contributed by atoms with Crippen molar-refractivity contribution < 1.29 is 9.59 Å². The number of carbonyl (C=O) groups is 2. The summed E-state index contributed by atoms with van der Waals surface area (Å²) in [6.45, 7) is 4.74. The smallest absolute Gasteiger partial charge is 0.223 e. The number of hydrogen-bond donors (Lipinski definition) is 2. The zero-order valence-electron chi connectivity index (χ0n) is 9.16. The van der Waals surface area contributed by atoms with Gasteiger partial charge in [0.15, 0.2) is 0 Å². The van der Waals surface area contributed by atoms with Gasteiger partial charge in [-0.25, -0.2) is 0 Å². The summed E-state index contributed by atoms with van der Waals surface area (Å²) in [7, 11) is 0. The molecule has 3 N–H and O–H groups in total. The monoisotopic (exact) mass is 213 g/mol. The van der Waals surface area contributed by atoms with Crippen LogP contribution in [0.5, 0.6) is 0 Å². The molecule has 0 radical (unpaired) electrons. The van der Waals surface area contributed by atoms with Crippen LogP contribution in [0.3, 0.4) is 0 Å². The minimum absolute atomic E-state index is 0.111. The molecule has 0 aromatic rings. The topological polar surface area (TPSA) is 75.4 Å².